The molecule has 0 saturated heterocycles. The highest BCUT2D eigenvalue weighted by Crippen LogP contribution is 2.13. The lowest BCUT2D eigenvalue weighted by Crippen LogP contribution is -2.25. The first-order valence-corrected chi connectivity index (χ1v) is 17.7. The maximum Gasteiger partial charge on any atom is 0.305 e. The molecule has 37 heavy (non-hydrogen) atoms. The lowest BCUT2D eigenvalue weighted by Gasteiger charge is -2.07. The Bertz CT molecular complexity index is 452. The van der Waals surface area contributed by atoms with E-state index in [9.17, 15) is 9.59 Å². The van der Waals surface area contributed by atoms with E-state index in [4.69, 9.17) is 9.84 Å². The number of aliphatic hydroxyl groups is 1. The van der Waals surface area contributed by atoms with Gasteiger partial charge in [0.2, 0.25) is 5.91 Å². The third kappa shape index (κ3) is 31.7. The van der Waals surface area contributed by atoms with Crippen LogP contribution in [0.3, 0.4) is 0 Å². The van der Waals surface area contributed by atoms with E-state index >= 15 is 0 Å². The molecular formula is C30H59NO4S2. The van der Waals surface area contributed by atoms with Gasteiger partial charge in [-0.25, -0.2) is 0 Å². The zero-order valence-corrected chi connectivity index (χ0v) is 25.7. The second-order valence-corrected chi connectivity index (χ2v) is 12.5. The largest absolute Gasteiger partial charge is 0.466 e. The van der Waals surface area contributed by atoms with Gasteiger partial charge in [-0.15, -0.1) is 0 Å². The van der Waals surface area contributed by atoms with E-state index in [1.807, 2.05) is 11.8 Å². The molecule has 0 fully saturated rings. The summed E-state index contributed by atoms with van der Waals surface area (Å²) in [6.45, 7) is 3.51. The van der Waals surface area contributed by atoms with Gasteiger partial charge in [0.05, 0.1) is 13.2 Å². The number of nitrogens with one attached hydrogen (secondary N) is 1. The van der Waals surface area contributed by atoms with Gasteiger partial charge < -0.3 is 15.2 Å². The first-order valence-electron chi connectivity index (χ1n) is 15.4. The summed E-state index contributed by atoms with van der Waals surface area (Å²) in [6, 6.07) is 0. The van der Waals surface area contributed by atoms with Crippen LogP contribution in [0.15, 0.2) is 0 Å². The second-order valence-electron chi connectivity index (χ2n) is 10.0. The molecule has 5 nitrogen and oxygen atoms in total. The average Bonchev–Trinajstić information content (AvgIpc) is 2.89. The second kappa shape index (κ2) is 31.8. The van der Waals surface area contributed by atoms with Gasteiger partial charge in [0.1, 0.15) is 0 Å². The minimum Gasteiger partial charge on any atom is -0.466 e. The molecule has 220 valence electrons. The van der Waals surface area contributed by atoms with Gasteiger partial charge in [0.25, 0.3) is 0 Å². The van der Waals surface area contributed by atoms with Gasteiger partial charge in [-0.2, -0.15) is 23.5 Å². The van der Waals surface area contributed by atoms with Crippen LogP contribution in [0.2, 0.25) is 0 Å². The van der Waals surface area contributed by atoms with Crippen molar-refractivity contribution in [2.24, 2.45) is 0 Å². The highest BCUT2D eigenvalue weighted by atomic mass is 32.2. The van der Waals surface area contributed by atoms with Gasteiger partial charge in [0, 0.05) is 25.1 Å². The van der Waals surface area contributed by atoms with Crippen molar-refractivity contribution in [3.63, 3.8) is 0 Å². The first-order chi connectivity index (χ1) is 18.2. The number of aliphatic hydroxyl groups excluding tert-OH is 1. The molecule has 0 aromatic carbocycles. The van der Waals surface area contributed by atoms with Crippen LogP contribution in [0.5, 0.6) is 0 Å². The molecule has 0 aliphatic rings. The molecule has 0 aromatic rings. The number of rotatable bonds is 30. The van der Waals surface area contributed by atoms with Crippen molar-refractivity contribution in [2.75, 3.05) is 42.8 Å². The first kappa shape index (κ1) is 36.6. The normalized spacial score (nSPS) is 11.1. The number of unbranched alkanes of at least 4 members (excludes halogenated alkanes) is 14. The van der Waals surface area contributed by atoms with Crippen LogP contribution in [0.25, 0.3) is 0 Å². The van der Waals surface area contributed by atoms with Crippen molar-refractivity contribution in [3.05, 3.63) is 0 Å². The summed E-state index contributed by atoms with van der Waals surface area (Å²) < 4.78 is 5.30. The van der Waals surface area contributed by atoms with Gasteiger partial charge in [-0.05, 0) is 55.8 Å². The van der Waals surface area contributed by atoms with Crippen molar-refractivity contribution < 1.29 is 19.4 Å². The topological polar surface area (TPSA) is 75.6 Å². The van der Waals surface area contributed by atoms with Crippen LogP contribution in [-0.4, -0.2) is 59.8 Å². The monoisotopic (exact) mass is 561 g/mol. The molecule has 0 bridgehead atoms. The van der Waals surface area contributed by atoms with E-state index in [0.29, 0.717) is 32.4 Å². The van der Waals surface area contributed by atoms with E-state index in [2.05, 4.69) is 24.0 Å². The van der Waals surface area contributed by atoms with Gasteiger partial charge in [-0.3, -0.25) is 9.59 Å². The Labute approximate surface area is 237 Å². The van der Waals surface area contributed by atoms with Crippen molar-refractivity contribution >= 4 is 35.4 Å². The molecule has 1 amide bonds. The fraction of sp³-hybridized carbons (Fsp3) is 0.933. The van der Waals surface area contributed by atoms with Crippen molar-refractivity contribution in [1.29, 1.82) is 0 Å². The molecule has 0 aromatic heterocycles. The van der Waals surface area contributed by atoms with Crippen molar-refractivity contribution in [3.8, 4) is 0 Å². The smallest absolute Gasteiger partial charge is 0.305 e. The van der Waals surface area contributed by atoms with Gasteiger partial charge in [0.15, 0.2) is 0 Å². The van der Waals surface area contributed by atoms with Crippen molar-refractivity contribution in [1.82, 2.24) is 5.32 Å². The number of hydrogen-bond donors (Lipinski definition) is 2. The maximum absolute atomic E-state index is 11.9. The molecular weight excluding hydrogens is 502 g/mol. The third-order valence-electron chi connectivity index (χ3n) is 6.35. The summed E-state index contributed by atoms with van der Waals surface area (Å²) in [4.78, 5) is 23.8. The maximum atomic E-state index is 11.9. The number of esters is 1. The molecule has 0 heterocycles. The number of amides is 1. The lowest BCUT2D eigenvalue weighted by molar-refractivity contribution is -0.143. The third-order valence-corrected chi connectivity index (χ3v) is 8.68. The Morgan fingerprint density at radius 2 is 1.11 bits per heavy atom. The Kier molecular flexibility index (Phi) is 31.5. The van der Waals surface area contributed by atoms with E-state index in [1.54, 1.807) is 0 Å². The fourth-order valence-corrected chi connectivity index (χ4v) is 5.79. The van der Waals surface area contributed by atoms with Crippen LogP contribution in [0.4, 0.5) is 0 Å². The van der Waals surface area contributed by atoms with Gasteiger partial charge in [-0.1, -0.05) is 84.0 Å². The van der Waals surface area contributed by atoms with Crippen LogP contribution in [0.1, 0.15) is 135 Å². The zero-order chi connectivity index (χ0) is 27.1. The highest BCUT2D eigenvalue weighted by molar-refractivity contribution is 7.99. The Hall–Kier alpha value is -0.400. The molecule has 0 atom stereocenters. The van der Waals surface area contributed by atoms with Crippen molar-refractivity contribution in [2.45, 2.75) is 135 Å². The van der Waals surface area contributed by atoms with Crippen LogP contribution < -0.4 is 5.32 Å². The number of thioether (sulfide) groups is 2. The van der Waals surface area contributed by atoms with Gasteiger partial charge >= 0.3 is 5.97 Å². The van der Waals surface area contributed by atoms with E-state index in [0.717, 1.165) is 37.2 Å². The summed E-state index contributed by atoms with van der Waals surface area (Å²) in [5.74, 6) is 4.65. The number of carbonyl (C=O) groups excluding carboxylic acids is 2. The van der Waals surface area contributed by atoms with E-state index in [-0.39, 0.29) is 18.5 Å². The molecule has 0 saturated carbocycles. The molecule has 7 heteroatoms. The number of hydrogen-bond acceptors (Lipinski definition) is 6. The fourth-order valence-electron chi connectivity index (χ4n) is 4.14. The molecule has 0 unspecified atom stereocenters. The summed E-state index contributed by atoms with van der Waals surface area (Å²) in [5, 5.41) is 11.7. The SMILES string of the molecule is CCCSCCCCCCCCCCC(=O)OCCCNC(=O)CCCCCCCCCCSCCO. The minimum atomic E-state index is -0.100. The molecule has 2 N–H and O–H groups in total. The molecule has 0 rings (SSSR count). The summed E-state index contributed by atoms with van der Waals surface area (Å²) in [7, 11) is 0. The molecule has 0 aliphatic heterocycles. The van der Waals surface area contributed by atoms with E-state index in [1.165, 1.54) is 95.0 Å². The van der Waals surface area contributed by atoms with Crippen LogP contribution in [-0.2, 0) is 14.3 Å². The predicted octanol–water partition coefficient (Wildman–Crippen LogP) is 7.93. The standard InChI is InChI=1S/C30H59NO4S2/c1-2-25-36-26-17-13-9-6-4-8-12-16-21-30(34)35-24-19-22-31-29(33)20-15-11-7-3-5-10-14-18-27-37-28-23-32/h32H,2-28H2,1H3,(H,31,33). The lowest BCUT2D eigenvalue weighted by atomic mass is 10.1. The summed E-state index contributed by atoms with van der Waals surface area (Å²) in [5.41, 5.74) is 0. The Balaban J connectivity index is 3.27. The minimum absolute atomic E-state index is 0.100. The van der Waals surface area contributed by atoms with Crippen LogP contribution in [0, 0.1) is 0 Å². The summed E-state index contributed by atoms with van der Waals surface area (Å²) in [6.07, 6.45) is 22.7. The molecule has 0 radical (unpaired) electrons. The number of carbonyl (C=O) groups is 2. The van der Waals surface area contributed by atoms with E-state index < -0.39 is 0 Å². The average molecular weight is 562 g/mol. The zero-order valence-electron chi connectivity index (χ0n) is 24.1. The summed E-state index contributed by atoms with van der Waals surface area (Å²) >= 11 is 3.92. The Morgan fingerprint density at radius 3 is 1.65 bits per heavy atom. The molecule has 0 spiro atoms. The quantitative estimate of drug-likeness (QED) is 0.0685. The predicted molar refractivity (Wildman–Crippen MR) is 164 cm³/mol. The highest BCUT2D eigenvalue weighted by Gasteiger charge is 2.04. The molecule has 0 aliphatic carbocycles. The number of ether oxygens (including phenoxy) is 1. The van der Waals surface area contributed by atoms with Crippen LogP contribution >= 0.6 is 23.5 Å². The Morgan fingerprint density at radius 1 is 0.622 bits per heavy atom.